The highest BCUT2D eigenvalue weighted by Crippen LogP contribution is 2.25. The lowest BCUT2D eigenvalue weighted by molar-refractivity contribution is -0.114. The molecule has 3 aromatic rings. The highest BCUT2D eigenvalue weighted by molar-refractivity contribution is 6.20. The van der Waals surface area contributed by atoms with Crippen LogP contribution in [0, 0.1) is 0 Å². The summed E-state index contributed by atoms with van der Waals surface area (Å²) in [6.07, 6.45) is 0. The van der Waals surface area contributed by atoms with Crippen LogP contribution in [0.3, 0.4) is 0 Å². The molecule has 200 valence electrons. The van der Waals surface area contributed by atoms with Crippen molar-refractivity contribution in [2.75, 3.05) is 18.5 Å². The van der Waals surface area contributed by atoms with Gasteiger partial charge in [0.15, 0.2) is 11.6 Å². The van der Waals surface area contributed by atoms with E-state index in [0.717, 1.165) is 11.3 Å². The van der Waals surface area contributed by atoms with Crippen molar-refractivity contribution in [3.05, 3.63) is 94.8 Å². The van der Waals surface area contributed by atoms with Crippen LogP contribution in [0.1, 0.15) is 55.2 Å². The quantitative estimate of drug-likeness (QED) is 0.421. The number of rotatable bonds is 8. The number of carbonyl (C=O) groups is 2. The summed E-state index contributed by atoms with van der Waals surface area (Å²) < 4.78 is 17.8. The Balaban J connectivity index is 0.000000304. The number of para-hydroxylation sites is 1. The second-order valence-electron chi connectivity index (χ2n) is 9.58. The minimum Gasteiger partial charge on any atom is -0.459 e. The number of aromatic nitrogens is 2. The summed E-state index contributed by atoms with van der Waals surface area (Å²) in [6, 6.07) is 19.8. The van der Waals surface area contributed by atoms with Crippen LogP contribution in [0.25, 0.3) is 0 Å². The number of ketones is 1. The fourth-order valence-electron chi connectivity index (χ4n) is 3.70. The average molecular weight is 520 g/mol. The van der Waals surface area contributed by atoms with Gasteiger partial charge in [0.25, 0.3) is 5.91 Å². The van der Waals surface area contributed by atoms with Crippen molar-refractivity contribution >= 4 is 17.5 Å². The van der Waals surface area contributed by atoms with E-state index in [0.29, 0.717) is 35.2 Å². The molecule has 1 aromatic heterocycles. The zero-order valence-corrected chi connectivity index (χ0v) is 22.4. The lowest BCUT2D eigenvalue weighted by Gasteiger charge is -2.16. The number of halogens is 1. The Kier molecular flexibility index (Phi) is 9.30. The van der Waals surface area contributed by atoms with E-state index in [-0.39, 0.29) is 18.0 Å². The SMILES string of the molecule is CC(C)(F)Oc1ccccc1.CNCc1ccc(N2CC(C(=O)c3ccc(C(C)C)cc3)=C(N)C2=O)nn1. The Bertz CT molecular complexity index is 1270. The Morgan fingerprint density at radius 1 is 1.08 bits per heavy atom. The van der Waals surface area contributed by atoms with Crippen LogP contribution in [-0.2, 0) is 11.3 Å². The van der Waals surface area contributed by atoms with Crippen LogP contribution >= 0.6 is 0 Å². The first-order chi connectivity index (χ1) is 18.0. The van der Waals surface area contributed by atoms with Gasteiger partial charge in [-0.25, -0.2) is 0 Å². The van der Waals surface area contributed by atoms with Crippen molar-refractivity contribution in [2.24, 2.45) is 5.73 Å². The third-order valence-corrected chi connectivity index (χ3v) is 5.67. The number of amides is 1. The van der Waals surface area contributed by atoms with Gasteiger partial charge in [0, 0.05) is 31.5 Å². The molecule has 1 amide bonds. The minimum absolute atomic E-state index is 0.0333. The summed E-state index contributed by atoms with van der Waals surface area (Å²) in [5, 5.41) is 11.1. The number of alkyl halides is 1. The van der Waals surface area contributed by atoms with E-state index in [9.17, 15) is 14.0 Å². The van der Waals surface area contributed by atoms with Crippen molar-refractivity contribution in [1.82, 2.24) is 15.5 Å². The van der Waals surface area contributed by atoms with Gasteiger partial charge in [0.05, 0.1) is 12.2 Å². The van der Waals surface area contributed by atoms with Gasteiger partial charge in [0.1, 0.15) is 11.4 Å². The molecule has 0 fully saturated rings. The maximum Gasteiger partial charge on any atom is 0.276 e. The number of benzene rings is 2. The van der Waals surface area contributed by atoms with Gasteiger partial charge in [-0.3, -0.25) is 14.5 Å². The summed E-state index contributed by atoms with van der Waals surface area (Å²) in [5.41, 5.74) is 8.63. The van der Waals surface area contributed by atoms with Gasteiger partial charge in [-0.05, 0) is 42.8 Å². The number of nitrogens with two attached hydrogens (primary N) is 1. The Hall–Kier alpha value is -4.11. The molecule has 9 heteroatoms. The van der Waals surface area contributed by atoms with Gasteiger partial charge in [-0.1, -0.05) is 56.3 Å². The van der Waals surface area contributed by atoms with Crippen molar-refractivity contribution < 1.29 is 18.7 Å². The fourth-order valence-corrected chi connectivity index (χ4v) is 3.70. The summed E-state index contributed by atoms with van der Waals surface area (Å²) in [4.78, 5) is 26.7. The van der Waals surface area contributed by atoms with Crippen LogP contribution in [0.2, 0.25) is 0 Å². The second-order valence-corrected chi connectivity index (χ2v) is 9.58. The predicted octanol–water partition coefficient (Wildman–Crippen LogP) is 4.53. The molecular weight excluding hydrogens is 485 g/mol. The highest BCUT2D eigenvalue weighted by Gasteiger charge is 2.34. The molecule has 8 nitrogen and oxygen atoms in total. The number of hydrogen-bond acceptors (Lipinski definition) is 7. The van der Waals surface area contributed by atoms with E-state index >= 15 is 0 Å². The molecule has 0 aliphatic carbocycles. The summed E-state index contributed by atoms with van der Waals surface area (Å²) in [7, 11) is 1.82. The van der Waals surface area contributed by atoms with Gasteiger partial charge >= 0.3 is 0 Å². The minimum atomic E-state index is -1.60. The molecule has 2 heterocycles. The monoisotopic (exact) mass is 519 g/mol. The Morgan fingerprint density at radius 2 is 1.74 bits per heavy atom. The lowest BCUT2D eigenvalue weighted by atomic mass is 9.98. The van der Waals surface area contributed by atoms with Crippen LogP contribution < -0.4 is 20.7 Å². The standard InChI is InChI=1S/C20H23N5O2.C9H11FO/c1-12(2)13-4-6-14(7-5-13)19(26)16-11-25(20(27)18(16)21)17-9-8-15(10-22-3)23-24-17;1-9(2,10)11-8-6-4-3-5-7-8/h4-9,12,22H,10-11,21H2,1-3H3;3-7H,1-2H3. The van der Waals surface area contributed by atoms with Crippen LogP contribution in [0.15, 0.2) is 78.0 Å². The number of carbonyl (C=O) groups excluding carboxylic acids is 2. The normalized spacial score (nSPS) is 13.4. The van der Waals surface area contributed by atoms with E-state index in [4.69, 9.17) is 10.5 Å². The molecule has 0 saturated carbocycles. The number of anilines is 1. The zero-order chi connectivity index (χ0) is 27.9. The second kappa shape index (κ2) is 12.4. The molecule has 0 unspecified atom stereocenters. The van der Waals surface area contributed by atoms with Gasteiger partial charge in [-0.2, -0.15) is 9.49 Å². The van der Waals surface area contributed by atoms with Gasteiger partial charge < -0.3 is 15.8 Å². The number of nitrogens with one attached hydrogen (secondary N) is 1. The van der Waals surface area contributed by atoms with Crippen molar-refractivity contribution in [2.45, 2.75) is 46.0 Å². The molecule has 2 aromatic carbocycles. The molecule has 3 N–H and O–H groups in total. The van der Waals surface area contributed by atoms with Crippen molar-refractivity contribution in [3.63, 3.8) is 0 Å². The van der Waals surface area contributed by atoms with Crippen molar-refractivity contribution in [1.29, 1.82) is 0 Å². The largest absolute Gasteiger partial charge is 0.459 e. The molecule has 0 bridgehead atoms. The average Bonchev–Trinajstić information content (AvgIpc) is 3.18. The van der Waals surface area contributed by atoms with Gasteiger partial charge in [-0.15, -0.1) is 5.10 Å². The summed E-state index contributed by atoms with van der Waals surface area (Å²) >= 11 is 0. The highest BCUT2D eigenvalue weighted by atomic mass is 19.2. The molecule has 0 atom stereocenters. The van der Waals surface area contributed by atoms with E-state index in [1.54, 1.807) is 48.5 Å². The number of nitrogens with zero attached hydrogens (tertiary/aromatic N) is 3. The maximum atomic E-state index is 12.9. The molecule has 1 aliphatic rings. The number of ether oxygens (including phenoxy) is 1. The van der Waals surface area contributed by atoms with Crippen molar-refractivity contribution in [3.8, 4) is 5.75 Å². The first kappa shape index (κ1) is 28.5. The summed E-state index contributed by atoms with van der Waals surface area (Å²) in [6.45, 7) is 7.61. The molecule has 0 spiro atoms. The van der Waals surface area contributed by atoms with Crippen LogP contribution in [0.5, 0.6) is 5.75 Å². The maximum absolute atomic E-state index is 12.9. The first-order valence-corrected chi connectivity index (χ1v) is 12.4. The topological polar surface area (TPSA) is 110 Å². The number of Topliss-reactive ketones (excluding diaryl/α,β-unsaturated/α-hetero) is 1. The zero-order valence-electron chi connectivity index (χ0n) is 22.4. The molecule has 1 aliphatic heterocycles. The predicted molar refractivity (Wildman–Crippen MR) is 145 cm³/mol. The van der Waals surface area contributed by atoms with Crippen LogP contribution in [0.4, 0.5) is 10.2 Å². The van der Waals surface area contributed by atoms with Gasteiger partial charge in [0.2, 0.25) is 5.85 Å². The summed E-state index contributed by atoms with van der Waals surface area (Å²) in [5.74, 6) is -0.945. The smallest absolute Gasteiger partial charge is 0.276 e. The molecule has 38 heavy (non-hydrogen) atoms. The molecular formula is C29H34FN5O3. The lowest BCUT2D eigenvalue weighted by Crippen LogP contribution is -2.29. The van der Waals surface area contributed by atoms with E-state index in [1.165, 1.54) is 18.7 Å². The van der Waals surface area contributed by atoms with Crippen LogP contribution in [-0.4, -0.2) is 41.3 Å². The molecule has 4 rings (SSSR count). The third kappa shape index (κ3) is 7.45. The Labute approximate surface area is 222 Å². The fraction of sp³-hybridized carbons (Fsp3) is 0.310. The molecule has 0 saturated heterocycles. The van der Waals surface area contributed by atoms with E-state index < -0.39 is 11.8 Å². The molecule has 0 radical (unpaired) electrons. The third-order valence-electron chi connectivity index (χ3n) is 5.67. The number of hydrogen-bond donors (Lipinski definition) is 2. The Morgan fingerprint density at radius 3 is 2.26 bits per heavy atom. The van der Waals surface area contributed by atoms with E-state index in [2.05, 4.69) is 29.4 Å². The van der Waals surface area contributed by atoms with E-state index in [1.807, 2.05) is 25.2 Å². The first-order valence-electron chi connectivity index (χ1n) is 12.4.